The predicted octanol–water partition coefficient (Wildman–Crippen LogP) is -0.202. The summed E-state index contributed by atoms with van der Waals surface area (Å²) in [7, 11) is 0. The first kappa shape index (κ1) is 7.60. The Morgan fingerprint density at radius 1 is 1.18 bits per heavy atom. The molecule has 3 heteroatoms. The standard InChI is InChI=1S/C8H3O3/c9-4-7-2-1-3-8(7,5-10)6-11/h1-3H. The summed E-state index contributed by atoms with van der Waals surface area (Å²) in [6, 6.07) is 0. The molecular weight excluding hydrogens is 144 g/mol. The Kier molecular flexibility index (Phi) is 1.81. The molecule has 1 rings (SSSR count). The Morgan fingerprint density at radius 2 is 1.82 bits per heavy atom. The third kappa shape index (κ3) is 0.941. The van der Waals surface area contributed by atoms with E-state index < -0.39 is 5.41 Å². The van der Waals surface area contributed by atoms with Crippen molar-refractivity contribution < 1.29 is 14.4 Å². The van der Waals surface area contributed by atoms with E-state index in [0.717, 1.165) is 0 Å². The third-order valence-corrected chi connectivity index (χ3v) is 1.47. The second-order valence-corrected chi connectivity index (χ2v) is 2.05. The molecule has 3 radical (unpaired) electrons. The summed E-state index contributed by atoms with van der Waals surface area (Å²) >= 11 is 0. The monoisotopic (exact) mass is 147 g/mol. The second kappa shape index (κ2) is 2.62. The lowest BCUT2D eigenvalue weighted by molar-refractivity contribution is 0.506. The molecule has 0 aromatic carbocycles. The molecule has 3 nitrogen and oxygen atoms in total. The van der Waals surface area contributed by atoms with Crippen LogP contribution in [0.4, 0.5) is 0 Å². The molecule has 0 N–H and O–H groups in total. The molecule has 0 aromatic heterocycles. The molecule has 53 valence electrons. The van der Waals surface area contributed by atoms with Crippen LogP contribution >= 0.6 is 0 Å². The first-order valence-corrected chi connectivity index (χ1v) is 2.86. The minimum absolute atomic E-state index is 0.0394. The minimum Gasteiger partial charge on any atom is -0.289 e. The van der Waals surface area contributed by atoms with Crippen molar-refractivity contribution in [2.75, 3.05) is 0 Å². The molecule has 0 saturated carbocycles. The van der Waals surface area contributed by atoms with Gasteiger partial charge in [-0.1, -0.05) is 18.2 Å². The second-order valence-electron chi connectivity index (χ2n) is 2.05. The molecule has 0 fully saturated rings. The van der Waals surface area contributed by atoms with E-state index in [1.807, 2.05) is 0 Å². The van der Waals surface area contributed by atoms with Gasteiger partial charge in [-0.15, -0.1) is 0 Å². The first-order valence-electron chi connectivity index (χ1n) is 2.86. The van der Waals surface area contributed by atoms with Crippen molar-refractivity contribution in [3.63, 3.8) is 0 Å². The SMILES string of the molecule is O=[C]C1=CC=CC1([C]=O)[C]=O. The Hall–Kier alpha value is -1.51. The maximum absolute atomic E-state index is 10.3. The topological polar surface area (TPSA) is 51.2 Å². The van der Waals surface area contributed by atoms with Gasteiger partial charge in [-0.3, -0.25) is 14.4 Å². The van der Waals surface area contributed by atoms with Gasteiger partial charge >= 0.3 is 0 Å². The van der Waals surface area contributed by atoms with Crippen LogP contribution < -0.4 is 0 Å². The number of rotatable bonds is 3. The molecule has 1 aliphatic carbocycles. The van der Waals surface area contributed by atoms with Crippen molar-refractivity contribution in [2.45, 2.75) is 0 Å². The van der Waals surface area contributed by atoms with Crippen molar-refractivity contribution in [1.29, 1.82) is 0 Å². The molecule has 0 spiro atoms. The quantitative estimate of drug-likeness (QED) is 0.519. The lowest BCUT2D eigenvalue weighted by Crippen LogP contribution is -2.22. The average molecular weight is 147 g/mol. The van der Waals surface area contributed by atoms with E-state index in [1.54, 1.807) is 0 Å². The molecule has 0 saturated heterocycles. The zero-order valence-corrected chi connectivity index (χ0v) is 5.46. The van der Waals surface area contributed by atoms with Crippen molar-refractivity contribution in [3.8, 4) is 0 Å². The molecule has 0 atom stereocenters. The highest BCUT2D eigenvalue weighted by Crippen LogP contribution is 2.27. The fourth-order valence-corrected chi connectivity index (χ4v) is 0.823. The van der Waals surface area contributed by atoms with Crippen LogP contribution in [0.25, 0.3) is 0 Å². The molecule has 0 aliphatic heterocycles. The molecule has 0 heterocycles. The zero-order chi connectivity index (χ0) is 8.32. The van der Waals surface area contributed by atoms with Crippen molar-refractivity contribution in [1.82, 2.24) is 0 Å². The fourth-order valence-electron chi connectivity index (χ4n) is 0.823. The summed E-state index contributed by atoms with van der Waals surface area (Å²) in [5.74, 6) is 0. The summed E-state index contributed by atoms with van der Waals surface area (Å²) in [5, 5.41) is 0. The van der Waals surface area contributed by atoms with E-state index >= 15 is 0 Å². The van der Waals surface area contributed by atoms with Gasteiger partial charge in [-0.25, -0.2) is 0 Å². The van der Waals surface area contributed by atoms with E-state index in [0.29, 0.717) is 0 Å². The summed E-state index contributed by atoms with van der Waals surface area (Å²) in [6.45, 7) is 0. The highest BCUT2D eigenvalue weighted by atomic mass is 16.1. The summed E-state index contributed by atoms with van der Waals surface area (Å²) < 4.78 is 0. The number of carbonyl (C=O) groups excluding carboxylic acids is 3. The van der Waals surface area contributed by atoms with E-state index in [1.165, 1.54) is 37.1 Å². The third-order valence-electron chi connectivity index (χ3n) is 1.47. The Balaban J connectivity index is 3.11. The van der Waals surface area contributed by atoms with E-state index in [-0.39, 0.29) is 5.57 Å². The normalized spacial score (nSPS) is 19.1. The summed E-state index contributed by atoms with van der Waals surface area (Å²) in [6.07, 6.45) is 8.37. The van der Waals surface area contributed by atoms with Gasteiger partial charge in [0.05, 0.1) is 0 Å². The van der Waals surface area contributed by atoms with Crippen LogP contribution in [0.1, 0.15) is 0 Å². The van der Waals surface area contributed by atoms with Crippen molar-refractivity contribution in [2.24, 2.45) is 5.41 Å². The van der Waals surface area contributed by atoms with Crippen LogP contribution in [0.3, 0.4) is 0 Å². The lowest BCUT2D eigenvalue weighted by atomic mass is 9.87. The fraction of sp³-hybridized carbons (Fsp3) is 0.125. The van der Waals surface area contributed by atoms with E-state index in [2.05, 4.69) is 0 Å². The van der Waals surface area contributed by atoms with Crippen LogP contribution in [0.15, 0.2) is 23.8 Å². The van der Waals surface area contributed by atoms with Gasteiger partial charge in [0, 0.05) is 5.57 Å². The molecular formula is C8H3O3. The number of hydrogen-bond acceptors (Lipinski definition) is 3. The molecule has 0 aromatic rings. The van der Waals surface area contributed by atoms with Gasteiger partial charge in [0.1, 0.15) is 5.41 Å². The van der Waals surface area contributed by atoms with E-state index in [4.69, 9.17) is 0 Å². The number of allylic oxidation sites excluding steroid dienone is 4. The highest BCUT2D eigenvalue weighted by molar-refractivity contribution is 6.02. The Morgan fingerprint density at radius 3 is 2.18 bits per heavy atom. The molecule has 0 unspecified atom stereocenters. The van der Waals surface area contributed by atoms with Crippen LogP contribution in [0.5, 0.6) is 0 Å². The summed E-state index contributed by atoms with van der Waals surface area (Å²) in [4.78, 5) is 30.7. The maximum Gasteiger partial charge on any atom is 0.231 e. The van der Waals surface area contributed by atoms with Crippen LogP contribution in [-0.4, -0.2) is 18.9 Å². The average Bonchev–Trinajstić information content (AvgIpc) is 2.47. The van der Waals surface area contributed by atoms with Gasteiger partial charge in [0.15, 0.2) is 0 Å². The Bertz CT molecular complexity index is 253. The summed E-state index contributed by atoms with van der Waals surface area (Å²) in [5.41, 5.74) is -1.65. The van der Waals surface area contributed by atoms with Crippen LogP contribution in [0.2, 0.25) is 0 Å². The number of hydrogen-bond donors (Lipinski definition) is 0. The van der Waals surface area contributed by atoms with Gasteiger partial charge < -0.3 is 0 Å². The van der Waals surface area contributed by atoms with E-state index in [9.17, 15) is 14.4 Å². The largest absolute Gasteiger partial charge is 0.289 e. The predicted molar refractivity (Wildman–Crippen MR) is 36.7 cm³/mol. The molecule has 0 amide bonds. The lowest BCUT2D eigenvalue weighted by Gasteiger charge is -2.07. The first-order chi connectivity index (χ1) is 5.29. The maximum atomic E-state index is 10.3. The van der Waals surface area contributed by atoms with Crippen molar-refractivity contribution >= 4 is 18.9 Å². The minimum atomic E-state index is -1.61. The smallest absolute Gasteiger partial charge is 0.231 e. The molecule has 1 aliphatic rings. The van der Waals surface area contributed by atoms with Crippen LogP contribution in [0, 0.1) is 5.41 Å². The van der Waals surface area contributed by atoms with Gasteiger partial charge in [-0.2, -0.15) is 0 Å². The van der Waals surface area contributed by atoms with Crippen molar-refractivity contribution in [3.05, 3.63) is 23.8 Å². The highest BCUT2D eigenvalue weighted by Gasteiger charge is 2.36. The van der Waals surface area contributed by atoms with Gasteiger partial charge in [-0.05, 0) is 0 Å². The zero-order valence-electron chi connectivity index (χ0n) is 5.46. The van der Waals surface area contributed by atoms with Gasteiger partial charge in [0.2, 0.25) is 18.9 Å². The molecule has 11 heavy (non-hydrogen) atoms. The Labute approximate surface area is 63.4 Å². The van der Waals surface area contributed by atoms with Crippen LogP contribution in [-0.2, 0) is 14.4 Å². The molecule has 0 bridgehead atoms. The van der Waals surface area contributed by atoms with Gasteiger partial charge in [0.25, 0.3) is 0 Å².